The number of hydrogen-bond acceptors (Lipinski definition) is 4. The van der Waals surface area contributed by atoms with E-state index in [1.807, 2.05) is 0 Å². The summed E-state index contributed by atoms with van der Waals surface area (Å²) in [5.74, 6) is 0. The first-order chi connectivity index (χ1) is 11.4. The summed E-state index contributed by atoms with van der Waals surface area (Å²) in [7, 11) is -5.83. The van der Waals surface area contributed by atoms with Gasteiger partial charge in [-0.1, -0.05) is 91.0 Å². The van der Waals surface area contributed by atoms with E-state index < -0.39 is 15.7 Å². The van der Waals surface area contributed by atoms with Crippen LogP contribution in [-0.2, 0) is 4.57 Å². The summed E-state index contributed by atoms with van der Waals surface area (Å²) >= 11 is 0. The molecule has 3 aromatic carbocycles. The third kappa shape index (κ3) is 14.0. The first-order valence-corrected chi connectivity index (χ1v) is 9.94. The molecule has 0 saturated heterocycles. The standard InChI is InChI=1S/C18H15P.3K.H3O4P/c1-4-10-16(11-5-1)19(17-12-6-2-7-13-17)18-14-8-3-9-15-18;;;;1-5(2,3)4/h1-15H;;;;(H3,1,2,3,4)/q;3*+1;/p-3. The van der Waals surface area contributed by atoms with Gasteiger partial charge in [0.2, 0.25) is 0 Å². The van der Waals surface area contributed by atoms with E-state index in [1.165, 1.54) is 15.9 Å². The molecular formula is C18H15K3O4P2. The molecule has 124 valence electrons. The Hall–Kier alpha value is 3.11. The average molecular weight is 475 g/mol. The summed E-state index contributed by atoms with van der Waals surface area (Å²) in [6.07, 6.45) is 0. The van der Waals surface area contributed by atoms with Crippen molar-refractivity contribution in [2.75, 3.05) is 0 Å². The van der Waals surface area contributed by atoms with Gasteiger partial charge in [0.25, 0.3) is 0 Å². The molecule has 0 aliphatic carbocycles. The Morgan fingerprint density at radius 1 is 0.519 bits per heavy atom. The Balaban J connectivity index is 0. The average Bonchev–Trinajstić information content (AvgIpc) is 2.57. The summed E-state index contributed by atoms with van der Waals surface area (Å²) in [4.78, 5) is 25.6. The van der Waals surface area contributed by atoms with E-state index in [0.29, 0.717) is 0 Å². The van der Waals surface area contributed by atoms with Crippen LogP contribution in [0, 0.1) is 0 Å². The van der Waals surface area contributed by atoms with E-state index in [1.54, 1.807) is 0 Å². The Morgan fingerprint density at radius 2 is 0.704 bits per heavy atom. The fourth-order valence-corrected chi connectivity index (χ4v) is 4.48. The summed E-state index contributed by atoms with van der Waals surface area (Å²) in [5, 5.41) is 4.19. The number of hydrogen-bond donors (Lipinski definition) is 0. The smallest absolute Gasteiger partial charge is 0.822 e. The first kappa shape index (κ1) is 32.3. The van der Waals surface area contributed by atoms with Crippen LogP contribution in [0.25, 0.3) is 0 Å². The van der Waals surface area contributed by atoms with Crippen molar-refractivity contribution in [2.24, 2.45) is 0 Å². The fraction of sp³-hybridized carbons (Fsp3) is 0. The maximum atomic E-state index is 8.55. The second-order valence-electron chi connectivity index (χ2n) is 4.79. The SMILES string of the molecule is O=P([O-])([O-])[O-].[K+].[K+].[K+].c1ccc(P(c2ccccc2)c2ccccc2)cc1. The maximum Gasteiger partial charge on any atom is 1.00 e. The van der Waals surface area contributed by atoms with Crippen LogP contribution in [0.15, 0.2) is 91.0 Å². The molecule has 0 aliphatic rings. The van der Waals surface area contributed by atoms with Gasteiger partial charge in [-0.3, -0.25) is 0 Å². The molecule has 0 bridgehead atoms. The Morgan fingerprint density at radius 3 is 0.889 bits per heavy atom. The quantitative estimate of drug-likeness (QED) is 0.279. The number of rotatable bonds is 3. The van der Waals surface area contributed by atoms with Crippen molar-refractivity contribution in [1.82, 2.24) is 0 Å². The molecule has 0 saturated carbocycles. The molecule has 0 aromatic heterocycles. The molecule has 0 amide bonds. The van der Waals surface area contributed by atoms with Crippen molar-refractivity contribution in [3.63, 3.8) is 0 Å². The van der Waals surface area contributed by atoms with Crippen molar-refractivity contribution in [3.05, 3.63) is 91.0 Å². The van der Waals surface area contributed by atoms with Gasteiger partial charge in [0, 0.05) is 0 Å². The third-order valence-corrected chi connectivity index (χ3v) is 5.49. The maximum absolute atomic E-state index is 8.55. The molecule has 0 heterocycles. The zero-order valence-corrected chi connectivity index (χ0v) is 26.8. The van der Waals surface area contributed by atoms with Gasteiger partial charge >= 0.3 is 154 Å². The molecule has 0 fully saturated rings. The molecular weight excluding hydrogens is 459 g/mol. The van der Waals surface area contributed by atoms with Crippen LogP contribution < -0.4 is 185 Å². The fourth-order valence-electron chi connectivity index (χ4n) is 2.18. The molecule has 3 aromatic rings. The molecule has 0 radical (unpaired) electrons. The predicted molar refractivity (Wildman–Crippen MR) is 92.8 cm³/mol. The van der Waals surface area contributed by atoms with E-state index in [-0.39, 0.29) is 154 Å². The first-order valence-electron chi connectivity index (χ1n) is 7.13. The van der Waals surface area contributed by atoms with Crippen molar-refractivity contribution in [2.45, 2.75) is 0 Å². The van der Waals surface area contributed by atoms with Crippen LogP contribution in [0.5, 0.6) is 0 Å². The van der Waals surface area contributed by atoms with Gasteiger partial charge in [-0.2, -0.15) is 7.82 Å². The molecule has 9 heteroatoms. The van der Waals surface area contributed by atoms with Gasteiger partial charge in [0.1, 0.15) is 0 Å². The van der Waals surface area contributed by atoms with Crippen LogP contribution in [0.4, 0.5) is 0 Å². The van der Waals surface area contributed by atoms with Crippen molar-refractivity contribution >= 4 is 31.7 Å². The van der Waals surface area contributed by atoms with Crippen LogP contribution in [-0.4, -0.2) is 0 Å². The van der Waals surface area contributed by atoms with Crippen molar-refractivity contribution in [1.29, 1.82) is 0 Å². The van der Waals surface area contributed by atoms with Gasteiger partial charge in [-0.15, -0.1) is 0 Å². The van der Waals surface area contributed by atoms with Crippen LogP contribution in [0.3, 0.4) is 0 Å². The molecule has 4 nitrogen and oxygen atoms in total. The number of phosphoric acid groups is 1. The Bertz CT molecular complexity index is 685. The van der Waals surface area contributed by atoms with Crippen LogP contribution in [0.1, 0.15) is 0 Å². The zero-order chi connectivity index (χ0) is 17.4. The minimum Gasteiger partial charge on any atom is -0.822 e. The second kappa shape index (κ2) is 17.6. The molecule has 27 heavy (non-hydrogen) atoms. The predicted octanol–water partition coefficient (Wildman–Crippen LogP) is -8.37. The topological polar surface area (TPSA) is 86.2 Å². The molecule has 0 N–H and O–H groups in total. The summed E-state index contributed by atoms with van der Waals surface area (Å²) in [6, 6.07) is 32.3. The second-order valence-corrected chi connectivity index (χ2v) is 7.90. The van der Waals surface area contributed by atoms with Gasteiger partial charge in [0.05, 0.1) is 0 Å². The van der Waals surface area contributed by atoms with Gasteiger partial charge < -0.3 is 19.2 Å². The zero-order valence-electron chi connectivity index (χ0n) is 15.7. The molecule has 0 unspecified atom stereocenters. The van der Waals surface area contributed by atoms with Crippen LogP contribution >= 0.6 is 15.7 Å². The van der Waals surface area contributed by atoms with E-state index in [9.17, 15) is 0 Å². The minimum atomic E-state index is -5.39. The van der Waals surface area contributed by atoms with Gasteiger partial charge in [-0.05, 0) is 23.8 Å². The normalized spacial score (nSPS) is 9.63. The number of benzene rings is 3. The molecule has 0 aliphatic heterocycles. The van der Waals surface area contributed by atoms with Gasteiger partial charge in [-0.25, -0.2) is 0 Å². The van der Waals surface area contributed by atoms with Crippen molar-refractivity contribution < 1.29 is 173 Å². The van der Waals surface area contributed by atoms with E-state index in [0.717, 1.165) is 0 Å². The summed E-state index contributed by atoms with van der Waals surface area (Å²) < 4.78 is 8.55. The monoisotopic (exact) mass is 474 g/mol. The van der Waals surface area contributed by atoms with E-state index in [2.05, 4.69) is 91.0 Å². The van der Waals surface area contributed by atoms with Crippen molar-refractivity contribution in [3.8, 4) is 0 Å². The summed E-state index contributed by atoms with van der Waals surface area (Å²) in [6.45, 7) is 0. The third-order valence-electron chi connectivity index (χ3n) is 3.04. The van der Waals surface area contributed by atoms with E-state index in [4.69, 9.17) is 19.2 Å². The van der Waals surface area contributed by atoms with E-state index >= 15 is 0 Å². The summed E-state index contributed by atoms with van der Waals surface area (Å²) in [5.41, 5.74) is 0. The molecule has 0 atom stereocenters. The molecule has 0 spiro atoms. The van der Waals surface area contributed by atoms with Gasteiger partial charge in [0.15, 0.2) is 0 Å². The largest absolute Gasteiger partial charge is 1.00 e. The minimum absolute atomic E-state index is 0. The Labute approximate surface area is 289 Å². The molecule has 3 rings (SSSR count). The Kier molecular flexibility index (Phi) is 21.1. The van der Waals surface area contributed by atoms with Crippen LogP contribution in [0.2, 0.25) is 0 Å².